The van der Waals surface area contributed by atoms with Gasteiger partial charge in [0.2, 0.25) is 5.78 Å². The van der Waals surface area contributed by atoms with Gasteiger partial charge in [-0.2, -0.15) is 14.2 Å². The highest BCUT2D eigenvalue weighted by Gasteiger charge is 2.23. The van der Waals surface area contributed by atoms with Crippen molar-refractivity contribution < 1.29 is 19.5 Å². The van der Waals surface area contributed by atoms with Gasteiger partial charge < -0.3 is 10.4 Å². The van der Waals surface area contributed by atoms with Gasteiger partial charge in [0, 0.05) is 22.4 Å². The number of carboxylic acid groups (broad SMARTS) is 1. The molecule has 2 N–H and O–H groups in total. The molecule has 4 heterocycles. The van der Waals surface area contributed by atoms with Crippen molar-refractivity contribution in [2.24, 2.45) is 0 Å². The topological polar surface area (TPSA) is 136 Å². The maximum Gasteiger partial charge on any atom is 0.335 e. The molecule has 40 heavy (non-hydrogen) atoms. The van der Waals surface area contributed by atoms with Crippen LogP contribution in [0.2, 0.25) is 9.36 Å². The molecule has 0 spiro atoms. The third-order valence-corrected chi connectivity index (χ3v) is 7.86. The third kappa shape index (κ3) is 5.75. The standard InChI is InChI=1S/C26H17Cl2N5O5S2/c27-17-4-2-1-3-16(17)25(36)33-23(29-12-15-5-6-22(28)40-15)11-19(30-33)20-9-14(26(37)38)10-24(35)32(20)13-21(34)18-7-8-39-31-18/h1-11,29H,12-13H2,(H,37,38). The highest BCUT2D eigenvalue weighted by molar-refractivity contribution is 7.16. The lowest BCUT2D eigenvalue weighted by Gasteiger charge is -2.11. The first kappa shape index (κ1) is 27.5. The predicted octanol–water partition coefficient (Wildman–Crippen LogP) is 5.42. The maximum atomic E-state index is 13.5. The van der Waals surface area contributed by atoms with Gasteiger partial charge >= 0.3 is 5.97 Å². The minimum atomic E-state index is -1.34. The summed E-state index contributed by atoms with van der Waals surface area (Å²) < 4.78 is 6.79. The lowest BCUT2D eigenvalue weighted by Crippen LogP contribution is -2.27. The second kappa shape index (κ2) is 11.6. The summed E-state index contributed by atoms with van der Waals surface area (Å²) in [5.41, 5.74) is -0.571. The van der Waals surface area contributed by atoms with E-state index in [2.05, 4.69) is 14.8 Å². The minimum absolute atomic E-state index is 0.0291. The number of carbonyl (C=O) groups excluding carboxylic acids is 2. The van der Waals surface area contributed by atoms with Crippen molar-refractivity contribution in [3.63, 3.8) is 0 Å². The zero-order valence-corrected chi connectivity index (χ0v) is 23.4. The van der Waals surface area contributed by atoms with E-state index < -0.39 is 29.8 Å². The van der Waals surface area contributed by atoms with Gasteiger partial charge in [0.1, 0.15) is 17.2 Å². The number of hydrogen-bond acceptors (Lipinski definition) is 9. The first-order valence-corrected chi connectivity index (χ1v) is 13.9. The first-order chi connectivity index (χ1) is 19.2. The third-order valence-electron chi connectivity index (χ3n) is 5.74. The van der Waals surface area contributed by atoms with Crippen LogP contribution in [0.15, 0.2) is 70.8 Å². The Morgan fingerprint density at radius 2 is 1.82 bits per heavy atom. The van der Waals surface area contributed by atoms with Crippen LogP contribution in [-0.4, -0.2) is 41.5 Å². The molecule has 0 aliphatic rings. The van der Waals surface area contributed by atoms with Crippen LogP contribution in [0.5, 0.6) is 0 Å². The number of carboxylic acids is 1. The number of aromatic nitrogens is 4. The Kier molecular flexibility index (Phi) is 7.94. The fourth-order valence-corrected chi connectivity index (χ4v) is 5.61. The number of pyridine rings is 1. The van der Waals surface area contributed by atoms with Gasteiger partial charge in [-0.15, -0.1) is 11.3 Å². The summed E-state index contributed by atoms with van der Waals surface area (Å²) in [6.45, 7) is -0.123. The summed E-state index contributed by atoms with van der Waals surface area (Å²) in [6.07, 6.45) is 0. The Morgan fingerprint density at radius 3 is 2.50 bits per heavy atom. The highest BCUT2D eigenvalue weighted by Crippen LogP contribution is 2.27. The second-order valence-electron chi connectivity index (χ2n) is 8.34. The number of rotatable bonds is 9. The van der Waals surface area contributed by atoms with Crippen molar-refractivity contribution in [1.29, 1.82) is 0 Å². The number of aromatic carboxylic acids is 1. The molecular weight excluding hydrogens is 597 g/mol. The van der Waals surface area contributed by atoms with Crippen LogP contribution in [0.4, 0.5) is 5.82 Å². The summed E-state index contributed by atoms with van der Waals surface area (Å²) in [6, 6.07) is 15.2. The van der Waals surface area contributed by atoms with Crippen LogP contribution in [-0.2, 0) is 13.1 Å². The number of anilines is 1. The van der Waals surface area contributed by atoms with Crippen molar-refractivity contribution in [3.8, 4) is 11.4 Å². The van der Waals surface area contributed by atoms with Crippen LogP contribution in [0, 0.1) is 0 Å². The van der Waals surface area contributed by atoms with Crippen LogP contribution in [0.1, 0.15) is 36.1 Å². The fourth-order valence-electron chi connectivity index (χ4n) is 3.84. The number of ketones is 1. The molecule has 0 unspecified atom stereocenters. The zero-order chi connectivity index (χ0) is 28.4. The molecule has 5 aromatic rings. The molecule has 4 aromatic heterocycles. The molecule has 10 nitrogen and oxygen atoms in total. The molecule has 0 atom stereocenters. The number of halogens is 2. The van der Waals surface area contributed by atoms with E-state index in [0.29, 0.717) is 10.9 Å². The monoisotopic (exact) mass is 613 g/mol. The van der Waals surface area contributed by atoms with E-state index in [1.165, 1.54) is 29.5 Å². The number of Topliss-reactive ketones (excluding diaryl/α,β-unsaturated/α-hetero) is 1. The van der Waals surface area contributed by atoms with Crippen molar-refractivity contribution in [2.45, 2.75) is 13.1 Å². The van der Waals surface area contributed by atoms with E-state index in [1.807, 2.05) is 6.07 Å². The number of nitrogens with zero attached hydrogens (tertiary/aromatic N) is 4. The average Bonchev–Trinajstić information content (AvgIpc) is 3.69. The lowest BCUT2D eigenvalue weighted by atomic mass is 10.1. The van der Waals surface area contributed by atoms with E-state index in [1.54, 1.807) is 35.7 Å². The number of hydrogen-bond donors (Lipinski definition) is 2. The second-order valence-corrected chi connectivity index (χ2v) is 11.2. The quantitative estimate of drug-likeness (QED) is 0.210. The Hall–Kier alpha value is -4.10. The van der Waals surface area contributed by atoms with Crippen LogP contribution >= 0.6 is 46.1 Å². The SMILES string of the molecule is O=C(O)c1cc(-c2cc(NCc3ccc(Cl)s3)n(C(=O)c3ccccc3Cl)n2)n(CC(=O)c2ccsn2)c(=O)c1. The molecule has 0 amide bonds. The van der Waals surface area contributed by atoms with E-state index in [4.69, 9.17) is 23.2 Å². The van der Waals surface area contributed by atoms with Crippen LogP contribution in [0.3, 0.4) is 0 Å². The van der Waals surface area contributed by atoms with E-state index in [9.17, 15) is 24.3 Å². The van der Waals surface area contributed by atoms with Crippen LogP contribution in [0.25, 0.3) is 11.4 Å². The predicted molar refractivity (Wildman–Crippen MR) is 153 cm³/mol. The summed E-state index contributed by atoms with van der Waals surface area (Å²) in [4.78, 5) is 52.1. The summed E-state index contributed by atoms with van der Waals surface area (Å²) in [5, 5.41) is 19.0. The van der Waals surface area contributed by atoms with Gasteiger partial charge in [0.25, 0.3) is 11.5 Å². The normalized spacial score (nSPS) is 10.9. The van der Waals surface area contributed by atoms with Gasteiger partial charge in [0.15, 0.2) is 0 Å². The lowest BCUT2D eigenvalue weighted by molar-refractivity contribution is 0.0696. The number of nitrogens with one attached hydrogen (secondary N) is 1. The van der Waals surface area contributed by atoms with E-state index in [0.717, 1.165) is 31.7 Å². The molecule has 202 valence electrons. The maximum absolute atomic E-state index is 13.5. The van der Waals surface area contributed by atoms with Gasteiger partial charge in [-0.25, -0.2) is 4.79 Å². The Bertz CT molecular complexity index is 1810. The summed E-state index contributed by atoms with van der Waals surface area (Å²) in [7, 11) is 0. The molecule has 0 bridgehead atoms. The fraction of sp³-hybridized carbons (Fsp3) is 0.0769. The van der Waals surface area contributed by atoms with Gasteiger partial charge in [-0.05, 0) is 47.9 Å². The number of benzene rings is 1. The van der Waals surface area contributed by atoms with E-state index in [-0.39, 0.29) is 39.0 Å². The Morgan fingerprint density at radius 1 is 1.02 bits per heavy atom. The molecule has 0 saturated carbocycles. The summed E-state index contributed by atoms with van der Waals surface area (Å²) in [5.74, 6) is -2.11. The molecule has 5 rings (SSSR count). The molecule has 14 heteroatoms. The molecule has 0 fully saturated rings. The van der Waals surface area contributed by atoms with Crippen molar-refractivity contribution in [2.75, 3.05) is 5.32 Å². The number of thiophene rings is 1. The molecule has 0 saturated heterocycles. The number of carbonyl (C=O) groups is 3. The molecule has 0 radical (unpaired) electrons. The Labute approximate surface area is 244 Å². The van der Waals surface area contributed by atoms with Crippen molar-refractivity contribution in [1.82, 2.24) is 18.7 Å². The van der Waals surface area contributed by atoms with Crippen LogP contribution < -0.4 is 10.9 Å². The summed E-state index contributed by atoms with van der Waals surface area (Å²) >= 11 is 14.8. The van der Waals surface area contributed by atoms with Gasteiger partial charge in [-0.1, -0.05) is 35.3 Å². The smallest absolute Gasteiger partial charge is 0.335 e. The molecule has 0 aliphatic carbocycles. The molecule has 1 aromatic carbocycles. The largest absolute Gasteiger partial charge is 0.478 e. The zero-order valence-electron chi connectivity index (χ0n) is 20.2. The molecular formula is C26H17Cl2N5O5S2. The minimum Gasteiger partial charge on any atom is -0.478 e. The van der Waals surface area contributed by atoms with Gasteiger partial charge in [-0.3, -0.25) is 19.0 Å². The average molecular weight is 614 g/mol. The first-order valence-electron chi connectivity index (χ1n) is 11.5. The Balaban J connectivity index is 1.63. The highest BCUT2D eigenvalue weighted by atomic mass is 35.5. The molecule has 0 aliphatic heterocycles. The van der Waals surface area contributed by atoms with Crippen molar-refractivity contribution >= 4 is 69.5 Å². The van der Waals surface area contributed by atoms with E-state index >= 15 is 0 Å². The van der Waals surface area contributed by atoms with Crippen molar-refractivity contribution in [3.05, 3.63) is 107 Å². The van der Waals surface area contributed by atoms with Gasteiger partial charge in [0.05, 0.1) is 39.3 Å².